The average molecular weight is 337 g/mol. The first-order valence-corrected chi connectivity index (χ1v) is 8.17. The van der Waals surface area contributed by atoms with Crippen LogP contribution in [0, 0.1) is 11.3 Å². The number of morpholine rings is 1. The van der Waals surface area contributed by atoms with E-state index < -0.39 is 16.0 Å². The summed E-state index contributed by atoms with van der Waals surface area (Å²) in [6, 6.07) is 6.94. The van der Waals surface area contributed by atoms with Crippen LogP contribution in [0.1, 0.15) is 0 Å². The van der Waals surface area contributed by atoms with Crippen molar-refractivity contribution < 1.29 is 22.5 Å². The highest BCUT2D eigenvalue weighted by atomic mass is 32.2. The Bertz CT molecular complexity index is 761. The topological polar surface area (TPSA) is 120 Å². The third kappa shape index (κ3) is 4.79. The molecule has 2 rings (SSSR count). The van der Waals surface area contributed by atoms with Gasteiger partial charge in [0.1, 0.15) is 11.6 Å². The minimum atomic E-state index is -4.36. The fourth-order valence-corrected chi connectivity index (χ4v) is 2.49. The Balaban J connectivity index is 2.14. The molecule has 0 bridgehead atoms. The van der Waals surface area contributed by atoms with Gasteiger partial charge in [0.15, 0.2) is 0 Å². The largest absolute Gasteiger partial charge is 0.378 e. The van der Waals surface area contributed by atoms with Gasteiger partial charge >= 0.3 is 0 Å². The molecular weight excluding hydrogens is 322 g/mol. The first-order valence-electron chi connectivity index (χ1n) is 6.73. The smallest absolute Gasteiger partial charge is 0.294 e. The fourth-order valence-electron chi connectivity index (χ4n) is 1.96. The summed E-state index contributed by atoms with van der Waals surface area (Å²) in [5, 5.41) is 11.5. The molecule has 1 amide bonds. The molecule has 23 heavy (non-hydrogen) atoms. The van der Waals surface area contributed by atoms with E-state index in [1.54, 1.807) is 4.90 Å². The van der Waals surface area contributed by atoms with Crippen LogP contribution in [0.5, 0.6) is 0 Å². The molecule has 1 aromatic carbocycles. The molecule has 1 aromatic rings. The first kappa shape index (κ1) is 17.0. The summed E-state index contributed by atoms with van der Waals surface area (Å²) in [7, 11) is -4.36. The number of carbonyl (C=O) groups is 1. The maximum Gasteiger partial charge on any atom is 0.294 e. The van der Waals surface area contributed by atoms with E-state index >= 15 is 0 Å². The lowest BCUT2D eigenvalue weighted by molar-refractivity contribution is -0.112. The number of nitrogens with one attached hydrogen (secondary N) is 1. The summed E-state index contributed by atoms with van der Waals surface area (Å²) >= 11 is 0. The van der Waals surface area contributed by atoms with Crippen LogP contribution in [0.3, 0.4) is 0 Å². The minimum absolute atomic E-state index is 0.107. The van der Waals surface area contributed by atoms with Crippen LogP contribution in [0.25, 0.3) is 0 Å². The number of benzene rings is 1. The minimum Gasteiger partial charge on any atom is -0.378 e. The van der Waals surface area contributed by atoms with Crippen molar-refractivity contribution in [1.29, 1.82) is 5.26 Å². The van der Waals surface area contributed by atoms with Gasteiger partial charge in [0.2, 0.25) is 0 Å². The summed E-state index contributed by atoms with van der Waals surface area (Å²) < 4.78 is 36.3. The zero-order chi connectivity index (χ0) is 16.9. The molecule has 0 atom stereocenters. The van der Waals surface area contributed by atoms with Crippen molar-refractivity contribution in [2.45, 2.75) is 4.90 Å². The van der Waals surface area contributed by atoms with Crippen LogP contribution >= 0.6 is 0 Å². The Hall–Kier alpha value is -2.41. The van der Waals surface area contributed by atoms with Gasteiger partial charge in [-0.3, -0.25) is 9.35 Å². The lowest BCUT2D eigenvalue weighted by atomic mass is 10.2. The van der Waals surface area contributed by atoms with Crippen LogP contribution in [0.15, 0.2) is 40.9 Å². The van der Waals surface area contributed by atoms with Crippen molar-refractivity contribution in [2.24, 2.45) is 0 Å². The lowest BCUT2D eigenvalue weighted by Crippen LogP contribution is -2.33. The summed E-state index contributed by atoms with van der Waals surface area (Å²) in [5.74, 6) is -0.661. The Morgan fingerprint density at radius 3 is 2.70 bits per heavy atom. The predicted octanol–water partition coefficient (Wildman–Crippen LogP) is 0.611. The average Bonchev–Trinajstić information content (AvgIpc) is 2.53. The zero-order valence-electron chi connectivity index (χ0n) is 12.1. The molecule has 1 aliphatic heterocycles. The van der Waals surface area contributed by atoms with Crippen molar-refractivity contribution in [1.82, 2.24) is 4.90 Å². The number of rotatable bonds is 4. The molecule has 2 N–H and O–H groups in total. The summed E-state index contributed by atoms with van der Waals surface area (Å²) in [6.07, 6.45) is 1.45. The van der Waals surface area contributed by atoms with Gasteiger partial charge in [-0.05, 0) is 18.2 Å². The molecule has 9 heteroatoms. The van der Waals surface area contributed by atoms with Crippen molar-refractivity contribution in [3.63, 3.8) is 0 Å². The second-order valence-electron chi connectivity index (χ2n) is 4.76. The molecule has 0 spiro atoms. The number of nitriles is 1. The molecule has 1 saturated heterocycles. The van der Waals surface area contributed by atoms with Crippen LogP contribution in [0.4, 0.5) is 5.69 Å². The van der Waals surface area contributed by atoms with Gasteiger partial charge in [-0.1, -0.05) is 6.07 Å². The van der Waals surface area contributed by atoms with Gasteiger partial charge in [-0.2, -0.15) is 13.7 Å². The highest BCUT2D eigenvalue weighted by molar-refractivity contribution is 7.85. The van der Waals surface area contributed by atoms with Crippen molar-refractivity contribution >= 4 is 21.7 Å². The van der Waals surface area contributed by atoms with E-state index in [2.05, 4.69) is 5.32 Å². The molecule has 122 valence electrons. The van der Waals surface area contributed by atoms with Crippen LogP contribution in [-0.4, -0.2) is 50.1 Å². The van der Waals surface area contributed by atoms with E-state index in [0.717, 1.165) is 6.07 Å². The van der Waals surface area contributed by atoms with Gasteiger partial charge in [-0.25, -0.2) is 0 Å². The fraction of sp³-hybridized carbons (Fsp3) is 0.286. The molecule has 0 aromatic heterocycles. The second kappa shape index (κ2) is 7.23. The summed E-state index contributed by atoms with van der Waals surface area (Å²) in [4.78, 5) is 13.6. The molecule has 1 aliphatic rings. The van der Waals surface area contributed by atoms with Crippen LogP contribution < -0.4 is 5.32 Å². The molecule has 8 nitrogen and oxygen atoms in total. The Kier molecular flexibility index (Phi) is 5.33. The van der Waals surface area contributed by atoms with Gasteiger partial charge in [0, 0.05) is 25.0 Å². The van der Waals surface area contributed by atoms with E-state index in [0.29, 0.717) is 26.3 Å². The van der Waals surface area contributed by atoms with Crippen LogP contribution in [0.2, 0.25) is 0 Å². The molecule has 1 heterocycles. The predicted molar refractivity (Wildman–Crippen MR) is 81.0 cm³/mol. The quantitative estimate of drug-likeness (QED) is 0.469. The molecule has 0 unspecified atom stereocenters. The molecule has 0 aliphatic carbocycles. The number of ether oxygens (including phenoxy) is 1. The van der Waals surface area contributed by atoms with Gasteiger partial charge in [-0.15, -0.1) is 0 Å². The Morgan fingerprint density at radius 1 is 1.39 bits per heavy atom. The van der Waals surface area contributed by atoms with Crippen molar-refractivity contribution in [3.8, 4) is 6.07 Å². The number of amides is 1. The molecular formula is C14H15N3O5S. The standard InChI is InChI=1S/C14H15N3O5S/c15-9-11(10-17-4-6-22-7-5-17)14(18)16-12-2-1-3-13(8-12)23(19,20)21/h1-3,8,10H,4-7H2,(H,16,18)(H,19,20,21)/b11-10-. The summed E-state index contributed by atoms with van der Waals surface area (Å²) in [6.45, 7) is 2.20. The van der Waals surface area contributed by atoms with Crippen molar-refractivity contribution in [2.75, 3.05) is 31.6 Å². The molecule has 0 saturated carbocycles. The third-order valence-corrected chi connectivity index (χ3v) is 3.96. The number of anilines is 1. The van der Waals surface area contributed by atoms with Gasteiger partial charge in [0.05, 0.1) is 18.1 Å². The first-order chi connectivity index (χ1) is 10.9. The third-order valence-electron chi connectivity index (χ3n) is 3.11. The SMILES string of the molecule is N#C/C(=C/N1CCOCC1)C(=O)Nc1cccc(S(=O)(=O)O)c1. The number of nitrogens with zero attached hydrogens (tertiary/aromatic N) is 2. The van der Waals surface area contributed by atoms with E-state index in [-0.39, 0.29) is 16.2 Å². The van der Waals surface area contributed by atoms with Gasteiger partial charge in [0.25, 0.3) is 16.0 Å². The Labute approximate surface area is 133 Å². The van der Waals surface area contributed by atoms with E-state index in [1.807, 2.05) is 6.07 Å². The molecule has 0 radical (unpaired) electrons. The second-order valence-corrected chi connectivity index (χ2v) is 6.18. The maximum absolute atomic E-state index is 12.1. The van der Waals surface area contributed by atoms with Gasteiger partial charge < -0.3 is 15.0 Å². The van der Waals surface area contributed by atoms with E-state index in [9.17, 15) is 13.2 Å². The molecule has 1 fully saturated rings. The van der Waals surface area contributed by atoms with Crippen LogP contribution in [-0.2, 0) is 19.6 Å². The van der Waals surface area contributed by atoms with E-state index in [4.69, 9.17) is 14.6 Å². The van der Waals surface area contributed by atoms with E-state index in [1.165, 1.54) is 24.4 Å². The monoisotopic (exact) mass is 337 g/mol. The normalized spacial score (nSPS) is 15.8. The lowest BCUT2D eigenvalue weighted by Gasteiger charge is -2.25. The maximum atomic E-state index is 12.1. The highest BCUT2D eigenvalue weighted by Gasteiger charge is 2.15. The van der Waals surface area contributed by atoms with Crippen molar-refractivity contribution in [3.05, 3.63) is 36.0 Å². The number of hydrogen-bond donors (Lipinski definition) is 2. The Morgan fingerprint density at radius 2 is 2.09 bits per heavy atom. The number of hydrogen-bond acceptors (Lipinski definition) is 6. The number of carbonyl (C=O) groups excluding carboxylic acids is 1. The summed E-state index contributed by atoms with van der Waals surface area (Å²) in [5.41, 5.74) is 0.0532. The zero-order valence-corrected chi connectivity index (χ0v) is 12.9. The highest BCUT2D eigenvalue weighted by Crippen LogP contribution is 2.16.